The van der Waals surface area contributed by atoms with Crippen molar-refractivity contribution in [2.45, 2.75) is 12.8 Å². The highest BCUT2D eigenvalue weighted by atomic mass is 35.5. The number of nitrogens with zero attached hydrogens (tertiary/aromatic N) is 2. The number of aromatic nitrogens is 2. The van der Waals surface area contributed by atoms with Crippen molar-refractivity contribution in [2.75, 3.05) is 25.5 Å². The Kier molecular flexibility index (Phi) is 6.39. The van der Waals surface area contributed by atoms with Gasteiger partial charge in [-0.05, 0) is 36.2 Å². The van der Waals surface area contributed by atoms with Crippen molar-refractivity contribution in [2.24, 2.45) is 13.0 Å². The van der Waals surface area contributed by atoms with E-state index in [9.17, 15) is 9.59 Å². The van der Waals surface area contributed by atoms with E-state index in [-0.39, 0.29) is 36.1 Å². The molecule has 1 fully saturated rings. The molecule has 0 saturated carbocycles. The van der Waals surface area contributed by atoms with E-state index in [2.05, 4.69) is 15.7 Å². The smallest absolute Gasteiger partial charge is 0.338 e. The van der Waals surface area contributed by atoms with Gasteiger partial charge >= 0.3 is 5.97 Å². The summed E-state index contributed by atoms with van der Waals surface area (Å²) in [6.45, 7) is 3.20. The van der Waals surface area contributed by atoms with Crippen molar-refractivity contribution in [3.05, 3.63) is 47.3 Å². The minimum absolute atomic E-state index is 0. The molecule has 2 aromatic rings. The van der Waals surface area contributed by atoms with Gasteiger partial charge in [0.2, 0.25) is 5.91 Å². The Morgan fingerprint density at radius 2 is 2.12 bits per heavy atom. The van der Waals surface area contributed by atoms with Crippen LogP contribution in [0.25, 0.3) is 0 Å². The van der Waals surface area contributed by atoms with Crippen LogP contribution in [0.5, 0.6) is 0 Å². The Morgan fingerprint density at radius 1 is 1.35 bits per heavy atom. The van der Waals surface area contributed by atoms with Crippen LogP contribution in [0.4, 0.5) is 5.69 Å². The molecule has 0 unspecified atom stereocenters. The molecule has 2 atom stereocenters. The highest BCUT2D eigenvalue weighted by molar-refractivity contribution is 5.95. The van der Waals surface area contributed by atoms with Gasteiger partial charge in [-0.3, -0.25) is 9.48 Å². The van der Waals surface area contributed by atoms with Gasteiger partial charge < -0.3 is 15.4 Å². The van der Waals surface area contributed by atoms with E-state index in [1.165, 1.54) is 7.11 Å². The molecule has 0 radical (unpaired) electrons. The summed E-state index contributed by atoms with van der Waals surface area (Å²) in [5.41, 5.74) is 2.99. The van der Waals surface area contributed by atoms with E-state index in [4.69, 9.17) is 4.74 Å². The summed E-state index contributed by atoms with van der Waals surface area (Å²) >= 11 is 0. The number of carbonyl (C=O) groups excluding carboxylic acids is 2. The number of ether oxygens (including phenoxy) is 1. The number of aryl methyl sites for hydroxylation is 2. The maximum Gasteiger partial charge on any atom is 0.338 e. The summed E-state index contributed by atoms with van der Waals surface area (Å²) in [7, 11) is 3.22. The monoisotopic (exact) mass is 378 g/mol. The SMILES string of the molecule is COC(=O)c1ccc(NC(=O)[C@H]2CNC[C@@H]2c2cnn(C)c2)cc1C.Cl. The van der Waals surface area contributed by atoms with Crippen molar-refractivity contribution in [3.63, 3.8) is 0 Å². The second-order valence-electron chi connectivity index (χ2n) is 6.33. The summed E-state index contributed by atoms with van der Waals surface area (Å²) in [6.07, 6.45) is 3.76. The molecule has 1 aliphatic heterocycles. The number of esters is 1. The first-order chi connectivity index (χ1) is 12.0. The van der Waals surface area contributed by atoms with Gasteiger partial charge in [0.05, 0.1) is 24.8 Å². The normalized spacial score (nSPS) is 18.9. The van der Waals surface area contributed by atoms with Crippen molar-refractivity contribution >= 4 is 30.0 Å². The zero-order chi connectivity index (χ0) is 18.0. The summed E-state index contributed by atoms with van der Waals surface area (Å²) in [6, 6.07) is 5.17. The summed E-state index contributed by atoms with van der Waals surface area (Å²) in [4.78, 5) is 24.4. The van der Waals surface area contributed by atoms with E-state index in [1.807, 2.05) is 26.4 Å². The van der Waals surface area contributed by atoms with Gasteiger partial charge in [0, 0.05) is 37.9 Å². The van der Waals surface area contributed by atoms with Gasteiger partial charge in [-0.25, -0.2) is 4.79 Å². The van der Waals surface area contributed by atoms with Crippen LogP contribution in [0.1, 0.15) is 27.4 Å². The molecule has 2 heterocycles. The molecule has 0 bridgehead atoms. The lowest BCUT2D eigenvalue weighted by Gasteiger charge is -2.17. The molecule has 1 saturated heterocycles. The number of amides is 1. The van der Waals surface area contributed by atoms with Crippen LogP contribution in [0.15, 0.2) is 30.6 Å². The number of hydrogen-bond acceptors (Lipinski definition) is 5. The zero-order valence-corrected chi connectivity index (χ0v) is 15.8. The lowest BCUT2D eigenvalue weighted by atomic mass is 9.90. The fraction of sp³-hybridized carbons (Fsp3) is 0.389. The van der Waals surface area contributed by atoms with Crippen LogP contribution in [0, 0.1) is 12.8 Å². The zero-order valence-electron chi connectivity index (χ0n) is 15.0. The first kappa shape index (κ1) is 19.9. The first-order valence-electron chi connectivity index (χ1n) is 8.18. The Morgan fingerprint density at radius 3 is 2.73 bits per heavy atom. The largest absolute Gasteiger partial charge is 0.465 e. The number of rotatable bonds is 4. The molecule has 8 heteroatoms. The van der Waals surface area contributed by atoms with Crippen molar-refractivity contribution in [1.29, 1.82) is 0 Å². The molecular weight excluding hydrogens is 356 g/mol. The molecule has 7 nitrogen and oxygen atoms in total. The standard InChI is InChI=1S/C18H22N4O3.ClH/c1-11-6-13(4-5-14(11)18(24)25-3)21-17(23)16-9-19-8-15(16)12-7-20-22(2)10-12;/h4-7,10,15-16,19H,8-9H2,1-3H3,(H,21,23);1H/t15-,16+;/m1./s1. The highest BCUT2D eigenvalue weighted by Gasteiger charge is 2.34. The molecule has 1 aromatic heterocycles. The van der Waals surface area contributed by atoms with E-state index >= 15 is 0 Å². The molecule has 1 aliphatic rings. The number of carbonyl (C=O) groups is 2. The van der Waals surface area contributed by atoms with E-state index in [0.717, 1.165) is 17.7 Å². The third-order valence-corrected chi connectivity index (χ3v) is 4.60. The quantitative estimate of drug-likeness (QED) is 0.793. The van der Waals surface area contributed by atoms with Crippen LogP contribution in [-0.4, -0.2) is 41.9 Å². The molecule has 3 rings (SSSR count). The average molecular weight is 379 g/mol. The second kappa shape index (κ2) is 8.33. The van der Waals surface area contributed by atoms with Crippen molar-refractivity contribution < 1.29 is 14.3 Å². The second-order valence-corrected chi connectivity index (χ2v) is 6.33. The molecule has 1 aromatic carbocycles. The molecular formula is C18H23ClN4O3. The summed E-state index contributed by atoms with van der Waals surface area (Å²) in [5, 5.41) is 10.4. The Hall–Kier alpha value is -2.38. The minimum Gasteiger partial charge on any atom is -0.465 e. The van der Waals surface area contributed by atoms with Crippen LogP contribution in [-0.2, 0) is 16.6 Å². The number of methoxy groups -OCH3 is 1. The molecule has 140 valence electrons. The molecule has 0 aliphatic carbocycles. The third-order valence-electron chi connectivity index (χ3n) is 4.60. The fourth-order valence-electron chi connectivity index (χ4n) is 3.25. The van der Waals surface area contributed by atoms with Gasteiger partial charge in [0.1, 0.15) is 0 Å². The fourth-order valence-corrected chi connectivity index (χ4v) is 3.25. The van der Waals surface area contributed by atoms with Gasteiger partial charge in [-0.1, -0.05) is 0 Å². The average Bonchev–Trinajstić information content (AvgIpc) is 3.22. The van der Waals surface area contributed by atoms with Crippen LogP contribution in [0.3, 0.4) is 0 Å². The van der Waals surface area contributed by atoms with E-state index in [0.29, 0.717) is 17.8 Å². The number of anilines is 1. The molecule has 1 amide bonds. The summed E-state index contributed by atoms with van der Waals surface area (Å²) in [5.74, 6) is -0.481. The van der Waals surface area contributed by atoms with Gasteiger partial charge in [-0.15, -0.1) is 12.4 Å². The third kappa shape index (κ3) is 4.05. The lowest BCUT2D eigenvalue weighted by Crippen LogP contribution is -2.28. The number of nitrogens with one attached hydrogen (secondary N) is 2. The van der Waals surface area contributed by atoms with E-state index in [1.54, 1.807) is 22.9 Å². The van der Waals surface area contributed by atoms with E-state index < -0.39 is 0 Å². The lowest BCUT2D eigenvalue weighted by molar-refractivity contribution is -0.119. The van der Waals surface area contributed by atoms with Crippen LogP contribution >= 0.6 is 12.4 Å². The molecule has 26 heavy (non-hydrogen) atoms. The predicted molar refractivity (Wildman–Crippen MR) is 101 cm³/mol. The van der Waals surface area contributed by atoms with Crippen molar-refractivity contribution in [3.8, 4) is 0 Å². The number of hydrogen-bond donors (Lipinski definition) is 2. The van der Waals surface area contributed by atoms with Gasteiger partial charge in [0.25, 0.3) is 0 Å². The Labute approximate surface area is 158 Å². The van der Waals surface area contributed by atoms with Crippen LogP contribution in [0.2, 0.25) is 0 Å². The minimum atomic E-state index is -0.382. The maximum absolute atomic E-state index is 12.7. The van der Waals surface area contributed by atoms with Crippen LogP contribution < -0.4 is 10.6 Å². The van der Waals surface area contributed by atoms with Gasteiger partial charge in [0.15, 0.2) is 0 Å². The first-order valence-corrected chi connectivity index (χ1v) is 8.18. The van der Waals surface area contributed by atoms with Gasteiger partial charge in [-0.2, -0.15) is 5.10 Å². The number of benzene rings is 1. The molecule has 0 spiro atoms. The Balaban J connectivity index is 0.00000243. The maximum atomic E-state index is 12.7. The predicted octanol–water partition coefficient (Wildman–Crippen LogP) is 1.88. The Bertz CT molecular complexity index is 805. The highest BCUT2D eigenvalue weighted by Crippen LogP contribution is 2.29. The van der Waals surface area contributed by atoms with Crippen molar-refractivity contribution in [1.82, 2.24) is 15.1 Å². The number of halogens is 1. The topological polar surface area (TPSA) is 85.2 Å². The molecule has 2 N–H and O–H groups in total. The summed E-state index contributed by atoms with van der Waals surface area (Å²) < 4.78 is 6.49.